The van der Waals surface area contributed by atoms with Crippen LogP contribution in [0.2, 0.25) is 5.15 Å². The summed E-state index contributed by atoms with van der Waals surface area (Å²) < 4.78 is 0. The minimum atomic E-state index is -0.313. The Morgan fingerprint density at radius 1 is 1.40 bits per heavy atom. The Labute approximate surface area is 91.7 Å². The number of para-hydroxylation sites is 1. The summed E-state index contributed by atoms with van der Waals surface area (Å²) in [7, 11) is 0. The number of benzene rings is 1. The predicted octanol–water partition coefficient (Wildman–Crippen LogP) is 2.01. The molecule has 0 aliphatic heterocycles. The number of nitrogens with two attached hydrogens (primary N) is 1. The molecule has 0 amide bonds. The van der Waals surface area contributed by atoms with Crippen molar-refractivity contribution < 1.29 is 5.11 Å². The molecule has 0 saturated heterocycles. The first-order valence-corrected chi connectivity index (χ1v) is 4.88. The maximum atomic E-state index is 9.61. The minimum absolute atomic E-state index is 0.0821. The van der Waals surface area contributed by atoms with Gasteiger partial charge in [-0.3, -0.25) is 0 Å². The fraction of sp³-hybridized carbons (Fsp3) is 0.200. The van der Waals surface area contributed by atoms with Crippen molar-refractivity contribution in [2.24, 2.45) is 5.73 Å². The lowest BCUT2D eigenvalue weighted by Gasteiger charge is -2.07. The second kappa shape index (κ2) is 3.64. The summed E-state index contributed by atoms with van der Waals surface area (Å²) in [5, 5.41) is 10.5. The molecule has 1 unspecified atom stereocenters. The standard InChI is InChI=1S/C10H10ClN3O/c1-5(12)10-13-8-6(9(11)14-10)3-2-4-7(8)15/h2-5,15H,12H2,1H3. The van der Waals surface area contributed by atoms with Crippen LogP contribution in [-0.2, 0) is 0 Å². The monoisotopic (exact) mass is 223 g/mol. The number of aromatic hydroxyl groups is 1. The zero-order valence-corrected chi connectivity index (χ0v) is 8.86. The molecule has 0 spiro atoms. The van der Waals surface area contributed by atoms with E-state index in [4.69, 9.17) is 17.3 Å². The maximum absolute atomic E-state index is 9.61. The predicted molar refractivity (Wildman–Crippen MR) is 58.8 cm³/mol. The molecule has 0 bridgehead atoms. The largest absolute Gasteiger partial charge is 0.506 e. The summed E-state index contributed by atoms with van der Waals surface area (Å²) in [5.41, 5.74) is 6.09. The second-order valence-electron chi connectivity index (χ2n) is 3.33. The number of phenols is 1. The van der Waals surface area contributed by atoms with E-state index in [1.807, 2.05) is 0 Å². The third-order valence-corrected chi connectivity index (χ3v) is 2.37. The third kappa shape index (κ3) is 1.73. The average Bonchev–Trinajstić information content (AvgIpc) is 2.19. The van der Waals surface area contributed by atoms with Crippen LogP contribution in [0.1, 0.15) is 18.8 Å². The van der Waals surface area contributed by atoms with Crippen molar-refractivity contribution in [2.75, 3.05) is 0 Å². The van der Waals surface area contributed by atoms with Crippen LogP contribution in [0.25, 0.3) is 10.9 Å². The van der Waals surface area contributed by atoms with Crippen LogP contribution >= 0.6 is 11.6 Å². The summed E-state index contributed by atoms with van der Waals surface area (Å²) in [6.45, 7) is 1.76. The Balaban J connectivity index is 2.80. The van der Waals surface area contributed by atoms with Gasteiger partial charge >= 0.3 is 0 Å². The van der Waals surface area contributed by atoms with Gasteiger partial charge in [0, 0.05) is 5.39 Å². The maximum Gasteiger partial charge on any atom is 0.147 e. The first-order valence-electron chi connectivity index (χ1n) is 4.50. The van der Waals surface area contributed by atoms with Gasteiger partial charge in [0.1, 0.15) is 22.2 Å². The lowest BCUT2D eigenvalue weighted by Crippen LogP contribution is -2.10. The molecule has 1 heterocycles. The minimum Gasteiger partial charge on any atom is -0.506 e. The molecule has 0 saturated carbocycles. The molecule has 78 valence electrons. The Kier molecular flexibility index (Phi) is 2.46. The number of hydrogen-bond acceptors (Lipinski definition) is 4. The Bertz CT molecular complexity index is 513. The van der Waals surface area contributed by atoms with Crippen LogP contribution in [0.4, 0.5) is 0 Å². The Morgan fingerprint density at radius 3 is 2.80 bits per heavy atom. The lowest BCUT2D eigenvalue weighted by molar-refractivity contribution is 0.480. The number of nitrogens with zero attached hydrogens (tertiary/aromatic N) is 2. The van der Waals surface area contributed by atoms with E-state index in [1.54, 1.807) is 25.1 Å². The van der Waals surface area contributed by atoms with Crippen molar-refractivity contribution >= 4 is 22.5 Å². The molecule has 2 rings (SSSR count). The average molecular weight is 224 g/mol. The Morgan fingerprint density at radius 2 is 2.13 bits per heavy atom. The SMILES string of the molecule is CC(N)c1nc(Cl)c2cccc(O)c2n1. The molecular formula is C10H10ClN3O. The number of halogens is 1. The molecule has 1 aromatic carbocycles. The molecule has 15 heavy (non-hydrogen) atoms. The van der Waals surface area contributed by atoms with Gasteiger partial charge in [0.2, 0.25) is 0 Å². The van der Waals surface area contributed by atoms with Crippen molar-refractivity contribution in [2.45, 2.75) is 13.0 Å². The van der Waals surface area contributed by atoms with E-state index in [9.17, 15) is 5.11 Å². The molecule has 2 aromatic rings. The van der Waals surface area contributed by atoms with Gasteiger partial charge in [-0.05, 0) is 19.1 Å². The van der Waals surface area contributed by atoms with Crippen LogP contribution in [0.15, 0.2) is 18.2 Å². The van der Waals surface area contributed by atoms with E-state index in [1.165, 1.54) is 0 Å². The molecule has 0 aliphatic rings. The smallest absolute Gasteiger partial charge is 0.147 e. The highest BCUT2D eigenvalue weighted by Crippen LogP contribution is 2.27. The van der Waals surface area contributed by atoms with Gasteiger partial charge in [0.25, 0.3) is 0 Å². The van der Waals surface area contributed by atoms with Crippen LogP contribution in [0.3, 0.4) is 0 Å². The number of fused-ring (bicyclic) bond motifs is 1. The first-order chi connectivity index (χ1) is 7.09. The number of aromatic nitrogens is 2. The van der Waals surface area contributed by atoms with Crippen LogP contribution in [0, 0.1) is 0 Å². The first kappa shape index (κ1) is 10.1. The highest BCUT2D eigenvalue weighted by atomic mass is 35.5. The lowest BCUT2D eigenvalue weighted by atomic mass is 10.2. The van der Waals surface area contributed by atoms with Gasteiger partial charge in [0.15, 0.2) is 0 Å². The van der Waals surface area contributed by atoms with Crippen molar-refractivity contribution in [3.05, 3.63) is 29.2 Å². The number of phenolic OH excluding ortho intramolecular Hbond substituents is 1. The van der Waals surface area contributed by atoms with E-state index >= 15 is 0 Å². The summed E-state index contributed by atoms with van der Waals surface area (Å²) in [5.74, 6) is 0.507. The molecule has 1 aromatic heterocycles. The van der Waals surface area contributed by atoms with Crippen LogP contribution in [-0.4, -0.2) is 15.1 Å². The highest BCUT2D eigenvalue weighted by molar-refractivity contribution is 6.34. The second-order valence-corrected chi connectivity index (χ2v) is 3.69. The quantitative estimate of drug-likeness (QED) is 0.726. The fourth-order valence-electron chi connectivity index (χ4n) is 1.32. The van der Waals surface area contributed by atoms with Gasteiger partial charge in [-0.15, -0.1) is 0 Å². The normalized spacial score (nSPS) is 13.0. The van der Waals surface area contributed by atoms with Gasteiger partial charge in [0.05, 0.1) is 6.04 Å². The molecule has 0 fully saturated rings. The van der Waals surface area contributed by atoms with Gasteiger partial charge in [-0.25, -0.2) is 9.97 Å². The van der Waals surface area contributed by atoms with Gasteiger partial charge in [-0.1, -0.05) is 17.7 Å². The molecule has 5 heteroatoms. The van der Waals surface area contributed by atoms with Crippen LogP contribution < -0.4 is 5.73 Å². The topological polar surface area (TPSA) is 72.0 Å². The summed E-state index contributed by atoms with van der Waals surface area (Å²) in [6, 6.07) is 4.68. The molecule has 0 radical (unpaired) electrons. The zero-order chi connectivity index (χ0) is 11.0. The van der Waals surface area contributed by atoms with E-state index in [-0.39, 0.29) is 11.8 Å². The number of rotatable bonds is 1. The van der Waals surface area contributed by atoms with Crippen molar-refractivity contribution in [1.29, 1.82) is 0 Å². The molecule has 4 nitrogen and oxygen atoms in total. The van der Waals surface area contributed by atoms with E-state index in [2.05, 4.69) is 9.97 Å². The van der Waals surface area contributed by atoms with Crippen molar-refractivity contribution in [1.82, 2.24) is 9.97 Å². The number of hydrogen-bond donors (Lipinski definition) is 2. The molecule has 1 atom stereocenters. The highest BCUT2D eigenvalue weighted by Gasteiger charge is 2.11. The van der Waals surface area contributed by atoms with E-state index in [0.29, 0.717) is 21.9 Å². The summed E-state index contributed by atoms with van der Waals surface area (Å²) in [6.07, 6.45) is 0. The fourth-order valence-corrected chi connectivity index (χ4v) is 1.56. The van der Waals surface area contributed by atoms with Crippen LogP contribution in [0.5, 0.6) is 5.75 Å². The van der Waals surface area contributed by atoms with Gasteiger partial charge < -0.3 is 10.8 Å². The Hall–Kier alpha value is -1.39. The van der Waals surface area contributed by atoms with Crippen molar-refractivity contribution in [3.8, 4) is 5.75 Å². The van der Waals surface area contributed by atoms with Gasteiger partial charge in [-0.2, -0.15) is 0 Å². The third-order valence-electron chi connectivity index (χ3n) is 2.08. The molecule has 0 aliphatic carbocycles. The van der Waals surface area contributed by atoms with E-state index < -0.39 is 0 Å². The van der Waals surface area contributed by atoms with Crippen molar-refractivity contribution in [3.63, 3.8) is 0 Å². The molecule has 3 N–H and O–H groups in total. The molecular weight excluding hydrogens is 214 g/mol. The van der Waals surface area contributed by atoms with E-state index in [0.717, 1.165) is 0 Å². The summed E-state index contributed by atoms with van der Waals surface area (Å²) >= 11 is 5.96. The zero-order valence-electron chi connectivity index (χ0n) is 8.11. The summed E-state index contributed by atoms with van der Waals surface area (Å²) in [4.78, 5) is 8.22.